The molecule has 1 atom stereocenters. The molecular formula is C19H32N4O3. The van der Waals surface area contributed by atoms with Crippen molar-refractivity contribution in [2.24, 2.45) is 5.41 Å². The molecule has 26 heavy (non-hydrogen) atoms. The lowest BCUT2D eigenvalue weighted by Gasteiger charge is -2.44. The largest absolute Gasteiger partial charge is 0.381 e. The van der Waals surface area contributed by atoms with Gasteiger partial charge >= 0.3 is 6.03 Å². The average Bonchev–Trinajstić information content (AvgIpc) is 3.10. The summed E-state index contributed by atoms with van der Waals surface area (Å²) in [6, 6.07) is 0.460. The molecule has 7 nitrogen and oxygen atoms in total. The van der Waals surface area contributed by atoms with Crippen LogP contribution in [0.2, 0.25) is 0 Å². The maximum absolute atomic E-state index is 13.4. The lowest BCUT2D eigenvalue weighted by atomic mass is 9.77. The third kappa shape index (κ3) is 3.31. The van der Waals surface area contributed by atoms with E-state index in [1.807, 2.05) is 9.80 Å². The normalized spacial score (nSPS) is 31.9. The van der Waals surface area contributed by atoms with Crippen molar-refractivity contribution in [2.45, 2.75) is 38.1 Å². The van der Waals surface area contributed by atoms with Crippen molar-refractivity contribution in [2.75, 3.05) is 66.1 Å². The van der Waals surface area contributed by atoms with Crippen molar-refractivity contribution in [3.05, 3.63) is 0 Å². The summed E-state index contributed by atoms with van der Waals surface area (Å²) in [4.78, 5) is 34.6. The minimum Gasteiger partial charge on any atom is -0.381 e. The minimum atomic E-state index is -0.335. The number of urea groups is 1. The second kappa shape index (κ2) is 7.35. The summed E-state index contributed by atoms with van der Waals surface area (Å²) in [5.74, 6) is 0.296. The molecular weight excluding hydrogens is 332 g/mol. The van der Waals surface area contributed by atoms with Crippen LogP contribution in [0.1, 0.15) is 32.1 Å². The molecule has 0 aliphatic carbocycles. The minimum absolute atomic E-state index is 0.131. The Labute approximate surface area is 156 Å². The van der Waals surface area contributed by atoms with Gasteiger partial charge < -0.3 is 24.3 Å². The topological polar surface area (TPSA) is 56.3 Å². The van der Waals surface area contributed by atoms with Crippen molar-refractivity contribution < 1.29 is 14.3 Å². The zero-order valence-electron chi connectivity index (χ0n) is 16.0. The molecule has 0 unspecified atom stereocenters. The van der Waals surface area contributed by atoms with Crippen molar-refractivity contribution in [1.82, 2.24) is 19.6 Å². The second-order valence-corrected chi connectivity index (χ2v) is 8.47. The average molecular weight is 364 g/mol. The quantitative estimate of drug-likeness (QED) is 0.692. The molecule has 4 rings (SSSR count). The first kappa shape index (κ1) is 18.0. The number of carbonyl (C=O) groups excluding carboxylic acids is 2. The fourth-order valence-corrected chi connectivity index (χ4v) is 5.06. The van der Waals surface area contributed by atoms with E-state index >= 15 is 0 Å². The van der Waals surface area contributed by atoms with Crippen LogP contribution in [0.4, 0.5) is 4.79 Å². The third-order valence-corrected chi connectivity index (χ3v) is 6.80. The summed E-state index contributed by atoms with van der Waals surface area (Å²) in [7, 11) is 2.10. The fraction of sp³-hybridized carbons (Fsp3) is 0.895. The van der Waals surface area contributed by atoms with Gasteiger partial charge in [-0.25, -0.2) is 4.79 Å². The molecule has 0 aromatic carbocycles. The van der Waals surface area contributed by atoms with E-state index in [1.54, 1.807) is 0 Å². The molecule has 4 saturated heterocycles. The number of rotatable bonds is 1. The van der Waals surface area contributed by atoms with Crippen LogP contribution in [0.15, 0.2) is 0 Å². The Hall–Kier alpha value is -1.34. The Morgan fingerprint density at radius 3 is 2.46 bits per heavy atom. The number of carbonyl (C=O) groups is 2. The van der Waals surface area contributed by atoms with E-state index in [1.165, 1.54) is 0 Å². The summed E-state index contributed by atoms with van der Waals surface area (Å²) in [6.45, 7) is 7.17. The molecule has 4 heterocycles. The van der Waals surface area contributed by atoms with Gasteiger partial charge in [0.1, 0.15) is 0 Å². The summed E-state index contributed by atoms with van der Waals surface area (Å²) in [5, 5.41) is 0. The number of ether oxygens (including phenoxy) is 1. The van der Waals surface area contributed by atoms with Gasteiger partial charge in [-0.2, -0.15) is 0 Å². The van der Waals surface area contributed by atoms with Crippen molar-refractivity contribution in [3.8, 4) is 0 Å². The highest BCUT2D eigenvalue weighted by Crippen LogP contribution is 2.41. The van der Waals surface area contributed by atoms with E-state index in [4.69, 9.17) is 4.74 Å². The van der Waals surface area contributed by atoms with Crippen LogP contribution in [-0.2, 0) is 9.53 Å². The standard InChI is InChI=1S/C19H32N4O3/c1-20-9-11-21(12-10-20)18(25)22-8-6-19(15-22)5-2-7-23(17(19)24)16-3-13-26-14-4-16/h16H,2-15H2,1H3/t19-/m1/s1. The Morgan fingerprint density at radius 2 is 1.73 bits per heavy atom. The van der Waals surface area contributed by atoms with Gasteiger partial charge in [0.15, 0.2) is 0 Å². The van der Waals surface area contributed by atoms with E-state index in [9.17, 15) is 9.59 Å². The number of piperazine rings is 1. The number of likely N-dealkylation sites (tertiary alicyclic amines) is 2. The maximum Gasteiger partial charge on any atom is 0.320 e. The first-order valence-corrected chi connectivity index (χ1v) is 10.2. The monoisotopic (exact) mass is 364 g/mol. The van der Waals surface area contributed by atoms with Crippen LogP contribution in [0.5, 0.6) is 0 Å². The number of hydrogen-bond donors (Lipinski definition) is 0. The Bertz CT molecular complexity index is 543. The highest BCUT2D eigenvalue weighted by molar-refractivity contribution is 5.86. The van der Waals surface area contributed by atoms with Gasteiger partial charge in [0.2, 0.25) is 5.91 Å². The van der Waals surface area contributed by atoms with Crippen LogP contribution >= 0.6 is 0 Å². The highest BCUT2D eigenvalue weighted by Gasteiger charge is 2.51. The number of nitrogens with zero attached hydrogens (tertiary/aromatic N) is 4. The summed E-state index contributed by atoms with van der Waals surface area (Å²) in [5.41, 5.74) is -0.335. The van der Waals surface area contributed by atoms with Crippen molar-refractivity contribution in [3.63, 3.8) is 0 Å². The second-order valence-electron chi connectivity index (χ2n) is 8.47. The molecule has 3 amide bonds. The molecule has 0 saturated carbocycles. The molecule has 0 bridgehead atoms. The smallest absolute Gasteiger partial charge is 0.320 e. The molecule has 146 valence electrons. The molecule has 4 fully saturated rings. The zero-order chi connectivity index (χ0) is 18.1. The molecule has 0 aromatic rings. The molecule has 0 aromatic heterocycles. The molecule has 1 spiro atoms. The number of amides is 3. The van der Waals surface area contributed by atoms with E-state index in [-0.39, 0.29) is 11.4 Å². The number of hydrogen-bond acceptors (Lipinski definition) is 4. The molecule has 4 aliphatic heterocycles. The molecule has 0 radical (unpaired) electrons. The van der Waals surface area contributed by atoms with Crippen LogP contribution in [0.3, 0.4) is 0 Å². The van der Waals surface area contributed by atoms with Gasteiger partial charge in [0.25, 0.3) is 0 Å². The van der Waals surface area contributed by atoms with Crippen LogP contribution in [0.25, 0.3) is 0 Å². The lowest BCUT2D eigenvalue weighted by molar-refractivity contribution is -0.150. The first-order chi connectivity index (χ1) is 12.6. The van der Waals surface area contributed by atoms with Crippen molar-refractivity contribution in [1.29, 1.82) is 0 Å². The summed E-state index contributed by atoms with van der Waals surface area (Å²) >= 11 is 0. The third-order valence-electron chi connectivity index (χ3n) is 6.80. The molecule has 0 N–H and O–H groups in total. The predicted octanol–water partition coefficient (Wildman–Crippen LogP) is 0.847. The van der Waals surface area contributed by atoms with E-state index in [0.717, 1.165) is 84.6 Å². The zero-order valence-corrected chi connectivity index (χ0v) is 16.0. The Morgan fingerprint density at radius 1 is 1.00 bits per heavy atom. The predicted molar refractivity (Wildman–Crippen MR) is 97.9 cm³/mol. The molecule has 4 aliphatic rings. The van der Waals surface area contributed by atoms with Gasteiger partial charge in [-0.3, -0.25) is 4.79 Å². The Balaban J connectivity index is 1.41. The molecule has 7 heteroatoms. The van der Waals surface area contributed by atoms with E-state index in [0.29, 0.717) is 18.5 Å². The van der Waals surface area contributed by atoms with E-state index < -0.39 is 0 Å². The SMILES string of the molecule is CN1CCN(C(=O)N2CC[C@]3(CCCN(C4CCOCC4)C3=O)C2)CC1. The van der Waals surface area contributed by atoms with Gasteiger partial charge in [0, 0.05) is 65.1 Å². The van der Waals surface area contributed by atoms with Crippen molar-refractivity contribution >= 4 is 11.9 Å². The van der Waals surface area contributed by atoms with Gasteiger partial charge in [-0.1, -0.05) is 0 Å². The lowest BCUT2D eigenvalue weighted by Crippen LogP contribution is -2.56. The first-order valence-electron chi connectivity index (χ1n) is 10.2. The van der Waals surface area contributed by atoms with Crippen LogP contribution in [0, 0.1) is 5.41 Å². The fourth-order valence-electron chi connectivity index (χ4n) is 5.06. The summed E-state index contributed by atoms with van der Waals surface area (Å²) < 4.78 is 5.47. The number of piperidine rings is 1. The number of likely N-dealkylation sites (N-methyl/N-ethyl adjacent to an activating group) is 1. The van der Waals surface area contributed by atoms with Gasteiger partial charge in [0.05, 0.1) is 5.41 Å². The van der Waals surface area contributed by atoms with Crippen LogP contribution in [-0.4, -0.2) is 104 Å². The maximum atomic E-state index is 13.4. The van der Waals surface area contributed by atoms with Gasteiger partial charge in [-0.05, 0) is 39.2 Å². The Kier molecular flexibility index (Phi) is 5.10. The summed E-state index contributed by atoms with van der Waals surface area (Å²) in [6.07, 6.45) is 4.71. The van der Waals surface area contributed by atoms with E-state index in [2.05, 4.69) is 16.8 Å². The van der Waals surface area contributed by atoms with Crippen LogP contribution < -0.4 is 0 Å². The van der Waals surface area contributed by atoms with Gasteiger partial charge in [-0.15, -0.1) is 0 Å². The highest BCUT2D eigenvalue weighted by atomic mass is 16.5.